The van der Waals surface area contributed by atoms with E-state index in [0.29, 0.717) is 12.5 Å². The summed E-state index contributed by atoms with van der Waals surface area (Å²) in [5.41, 5.74) is -0.680. The normalized spacial score (nSPS) is 27.5. The van der Waals surface area contributed by atoms with Crippen LogP contribution in [-0.2, 0) is 4.79 Å². The van der Waals surface area contributed by atoms with Crippen molar-refractivity contribution in [1.82, 2.24) is 15.1 Å². The molecule has 0 radical (unpaired) electrons. The van der Waals surface area contributed by atoms with Crippen LogP contribution in [0.4, 0.5) is 4.79 Å². The Morgan fingerprint density at radius 3 is 2.38 bits per heavy atom. The second-order valence-electron chi connectivity index (χ2n) is 6.45. The minimum absolute atomic E-state index is 0.0217. The van der Waals surface area contributed by atoms with Gasteiger partial charge in [0.05, 0.1) is 0 Å². The summed E-state index contributed by atoms with van der Waals surface area (Å²) in [6.07, 6.45) is 5.69. The summed E-state index contributed by atoms with van der Waals surface area (Å²) in [6.45, 7) is 9.26. The fourth-order valence-electron chi connectivity index (χ4n) is 3.66. The van der Waals surface area contributed by atoms with Crippen molar-refractivity contribution in [2.24, 2.45) is 5.92 Å². The van der Waals surface area contributed by atoms with Gasteiger partial charge in [-0.15, -0.1) is 0 Å². The first-order chi connectivity index (χ1) is 10.0. The average molecular weight is 295 g/mol. The van der Waals surface area contributed by atoms with E-state index in [1.165, 1.54) is 24.2 Å². The lowest BCUT2D eigenvalue weighted by Crippen LogP contribution is -2.51. The molecule has 1 saturated heterocycles. The van der Waals surface area contributed by atoms with Gasteiger partial charge in [0.25, 0.3) is 5.91 Å². The van der Waals surface area contributed by atoms with Crippen molar-refractivity contribution >= 4 is 11.9 Å². The van der Waals surface area contributed by atoms with Gasteiger partial charge in [0.1, 0.15) is 5.54 Å². The largest absolute Gasteiger partial charge is 0.325 e. The second kappa shape index (κ2) is 6.77. The first-order valence-electron chi connectivity index (χ1n) is 8.39. The number of carbonyl (C=O) groups excluding carboxylic acids is 2. The summed E-state index contributed by atoms with van der Waals surface area (Å²) in [4.78, 5) is 28.6. The number of amides is 3. The minimum Gasteiger partial charge on any atom is -0.323 e. The number of imide groups is 1. The molecule has 1 atom stereocenters. The van der Waals surface area contributed by atoms with E-state index >= 15 is 0 Å². The van der Waals surface area contributed by atoms with Gasteiger partial charge >= 0.3 is 6.03 Å². The summed E-state index contributed by atoms with van der Waals surface area (Å²) in [5, 5.41) is 2.98. The number of hydrogen-bond donors (Lipinski definition) is 1. The van der Waals surface area contributed by atoms with E-state index in [-0.39, 0.29) is 11.9 Å². The van der Waals surface area contributed by atoms with E-state index in [1.54, 1.807) is 0 Å². The zero-order valence-electron chi connectivity index (χ0n) is 13.7. The molecule has 120 valence electrons. The molecule has 1 aliphatic carbocycles. The van der Waals surface area contributed by atoms with Gasteiger partial charge in [0, 0.05) is 13.1 Å². The first kappa shape index (κ1) is 16.3. The zero-order chi connectivity index (χ0) is 15.5. The van der Waals surface area contributed by atoms with Crippen molar-refractivity contribution < 1.29 is 9.59 Å². The fraction of sp³-hybridized carbons (Fsp3) is 0.875. The maximum atomic E-state index is 12.8. The molecule has 0 aromatic heterocycles. The molecule has 1 N–H and O–H groups in total. The number of rotatable bonds is 6. The van der Waals surface area contributed by atoms with Crippen LogP contribution in [0.5, 0.6) is 0 Å². The second-order valence-corrected chi connectivity index (χ2v) is 6.45. The molecule has 0 aromatic rings. The van der Waals surface area contributed by atoms with Crippen LogP contribution in [-0.4, -0.2) is 53.5 Å². The van der Waals surface area contributed by atoms with Gasteiger partial charge in [-0.3, -0.25) is 9.69 Å². The van der Waals surface area contributed by atoms with Crippen LogP contribution in [0.3, 0.4) is 0 Å². The van der Waals surface area contributed by atoms with Crippen molar-refractivity contribution in [3.05, 3.63) is 0 Å². The molecule has 3 amide bonds. The molecule has 1 heterocycles. The fourth-order valence-corrected chi connectivity index (χ4v) is 3.66. The molecule has 1 saturated carbocycles. The Bertz CT molecular complexity index is 389. The molecule has 0 bridgehead atoms. The maximum Gasteiger partial charge on any atom is 0.325 e. The third-order valence-electron chi connectivity index (χ3n) is 5.26. The van der Waals surface area contributed by atoms with Gasteiger partial charge in [-0.25, -0.2) is 4.79 Å². The van der Waals surface area contributed by atoms with Crippen LogP contribution in [0.15, 0.2) is 0 Å². The Balaban J connectivity index is 2.01. The molecule has 2 rings (SSSR count). The predicted molar refractivity (Wildman–Crippen MR) is 83.0 cm³/mol. The highest BCUT2D eigenvalue weighted by molar-refractivity contribution is 6.07. The van der Waals surface area contributed by atoms with Gasteiger partial charge in [-0.2, -0.15) is 0 Å². The van der Waals surface area contributed by atoms with E-state index in [9.17, 15) is 9.59 Å². The Morgan fingerprint density at radius 2 is 1.81 bits per heavy atom. The van der Waals surface area contributed by atoms with Crippen molar-refractivity contribution in [2.45, 2.75) is 58.4 Å². The van der Waals surface area contributed by atoms with Crippen molar-refractivity contribution in [2.75, 3.05) is 26.2 Å². The zero-order valence-corrected chi connectivity index (χ0v) is 13.7. The molecule has 5 heteroatoms. The maximum absolute atomic E-state index is 12.8. The smallest absolute Gasteiger partial charge is 0.323 e. The highest BCUT2D eigenvalue weighted by Gasteiger charge is 2.52. The summed E-state index contributed by atoms with van der Waals surface area (Å²) >= 11 is 0. The lowest BCUT2D eigenvalue weighted by molar-refractivity contribution is -0.133. The van der Waals surface area contributed by atoms with Crippen molar-refractivity contribution in [3.8, 4) is 0 Å². The van der Waals surface area contributed by atoms with Crippen LogP contribution < -0.4 is 5.32 Å². The lowest BCUT2D eigenvalue weighted by atomic mass is 9.75. The van der Waals surface area contributed by atoms with Gasteiger partial charge in [-0.05, 0) is 38.8 Å². The van der Waals surface area contributed by atoms with E-state index in [2.05, 4.69) is 24.1 Å². The number of hydrogen-bond acceptors (Lipinski definition) is 3. The van der Waals surface area contributed by atoms with Gasteiger partial charge in [0.15, 0.2) is 0 Å². The van der Waals surface area contributed by atoms with Gasteiger partial charge in [0.2, 0.25) is 0 Å². The average Bonchev–Trinajstić information content (AvgIpc) is 2.73. The number of urea groups is 1. The molecule has 1 unspecified atom stereocenters. The molecular formula is C16H29N3O2. The molecule has 5 nitrogen and oxygen atoms in total. The highest BCUT2D eigenvalue weighted by Crippen LogP contribution is 2.36. The Labute approximate surface area is 128 Å². The predicted octanol–water partition coefficient (Wildman–Crippen LogP) is 2.22. The van der Waals surface area contributed by atoms with Crippen LogP contribution in [0.1, 0.15) is 52.9 Å². The molecule has 21 heavy (non-hydrogen) atoms. The van der Waals surface area contributed by atoms with Crippen molar-refractivity contribution in [3.63, 3.8) is 0 Å². The summed E-state index contributed by atoms with van der Waals surface area (Å²) in [7, 11) is 0. The third-order valence-corrected chi connectivity index (χ3v) is 5.26. The lowest BCUT2D eigenvalue weighted by Gasteiger charge is -2.34. The Kier molecular flexibility index (Phi) is 5.25. The third kappa shape index (κ3) is 3.23. The molecule has 0 spiro atoms. The summed E-state index contributed by atoms with van der Waals surface area (Å²) in [5.74, 6) is 0.271. The monoisotopic (exact) mass is 295 g/mol. The number of nitrogens with zero attached hydrogens (tertiary/aromatic N) is 2. The first-order valence-corrected chi connectivity index (χ1v) is 8.39. The molecule has 2 fully saturated rings. The van der Waals surface area contributed by atoms with Gasteiger partial charge in [-0.1, -0.05) is 33.1 Å². The molecule has 1 aliphatic heterocycles. The van der Waals surface area contributed by atoms with E-state index < -0.39 is 5.54 Å². The quantitative estimate of drug-likeness (QED) is 0.764. The standard InChI is InChI=1S/C16H29N3O2/c1-4-18(5-2)11-12-19-14(20)16(3,17-15(19)21)13-9-7-6-8-10-13/h13H,4-12H2,1-3H3,(H,17,21). The number of likely N-dealkylation sites (N-methyl/N-ethyl adjacent to an activating group) is 1. The van der Waals surface area contributed by atoms with Crippen LogP contribution in [0, 0.1) is 5.92 Å². The SMILES string of the molecule is CCN(CC)CCN1C(=O)NC(C)(C2CCCCC2)C1=O. The van der Waals surface area contributed by atoms with E-state index in [1.807, 2.05) is 6.92 Å². The van der Waals surface area contributed by atoms with Crippen LogP contribution >= 0.6 is 0 Å². The summed E-state index contributed by atoms with van der Waals surface area (Å²) in [6, 6.07) is -0.208. The van der Waals surface area contributed by atoms with Crippen LogP contribution in [0.25, 0.3) is 0 Å². The minimum atomic E-state index is -0.680. The van der Waals surface area contributed by atoms with E-state index in [4.69, 9.17) is 0 Å². The van der Waals surface area contributed by atoms with Crippen molar-refractivity contribution in [1.29, 1.82) is 0 Å². The molecular weight excluding hydrogens is 266 g/mol. The number of nitrogens with one attached hydrogen (secondary N) is 1. The topological polar surface area (TPSA) is 52.6 Å². The van der Waals surface area contributed by atoms with Gasteiger partial charge < -0.3 is 10.2 Å². The summed E-state index contributed by atoms with van der Waals surface area (Å²) < 4.78 is 0. The van der Waals surface area contributed by atoms with E-state index in [0.717, 1.165) is 32.5 Å². The molecule has 2 aliphatic rings. The van der Waals surface area contributed by atoms with Crippen LogP contribution in [0.2, 0.25) is 0 Å². The highest BCUT2D eigenvalue weighted by atomic mass is 16.2. The number of carbonyl (C=O) groups is 2. The Hall–Kier alpha value is -1.10. The molecule has 0 aromatic carbocycles. The Morgan fingerprint density at radius 1 is 1.19 bits per heavy atom.